The number of hydrogen-bond donors (Lipinski definition) is 2. The fourth-order valence-corrected chi connectivity index (χ4v) is 3.26. The molecule has 3 heteroatoms. The van der Waals surface area contributed by atoms with Gasteiger partial charge in [0, 0.05) is 31.9 Å². The maximum absolute atomic E-state index is 9.00. The molecule has 0 bridgehead atoms. The van der Waals surface area contributed by atoms with Gasteiger partial charge in [-0.1, -0.05) is 18.2 Å². The summed E-state index contributed by atoms with van der Waals surface area (Å²) in [6, 6.07) is 6.66. The molecule has 0 spiro atoms. The third-order valence-electron chi connectivity index (χ3n) is 4.23. The lowest BCUT2D eigenvalue weighted by molar-refractivity contribution is 0.249. The van der Waals surface area contributed by atoms with Crippen molar-refractivity contribution in [3.05, 3.63) is 29.3 Å². The molecular weight excluding hydrogens is 224 g/mol. The van der Waals surface area contributed by atoms with Gasteiger partial charge < -0.3 is 10.4 Å². The van der Waals surface area contributed by atoms with Gasteiger partial charge in [-0.05, 0) is 42.9 Å². The minimum Gasteiger partial charge on any atom is -0.396 e. The molecule has 1 aromatic carbocycles. The second kappa shape index (κ2) is 5.29. The highest BCUT2D eigenvalue weighted by Gasteiger charge is 2.23. The Hall–Kier alpha value is -1.06. The van der Waals surface area contributed by atoms with Crippen LogP contribution < -0.4 is 5.32 Å². The van der Waals surface area contributed by atoms with Crippen molar-refractivity contribution in [1.82, 2.24) is 4.90 Å². The molecule has 2 aliphatic rings. The van der Waals surface area contributed by atoms with Gasteiger partial charge in [0.1, 0.15) is 0 Å². The number of para-hydroxylation sites is 1. The fourth-order valence-electron chi connectivity index (χ4n) is 3.26. The first-order valence-electron chi connectivity index (χ1n) is 7.04. The average Bonchev–Trinajstić information content (AvgIpc) is 2.99. The molecule has 0 aliphatic carbocycles. The quantitative estimate of drug-likeness (QED) is 0.851. The van der Waals surface area contributed by atoms with Gasteiger partial charge in [-0.25, -0.2) is 0 Å². The number of hydrogen-bond acceptors (Lipinski definition) is 3. The summed E-state index contributed by atoms with van der Waals surface area (Å²) >= 11 is 0. The molecule has 2 N–H and O–H groups in total. The third kappa shape index (κ3) is 2.38. The Bertz CT molecular complexity index is 419. The van der Waals surface area contributed by atoms with Gasteiger partial charge in [-0.2, -0.15) is 0 Å². The Kier molecular flexibility index (Phi) is 3.52. The van der Waals surface area contributed by atoms with Crippen LogP contribution in [-0.2, 0) is 13.0 Å². The summed E-state index contributed by atoms with van der Waals surface area (Å²) in [5.74, 6) is 0.694. The average molecular weight is 246 g/mol. The molecule has 0 saturated carbocycles. The summed E-state index contributed by atoms with van der Waals surface area (Å²) in [7, 11) is 0. The van der Waals surface area contributed by atoms with Crippen LogP contribution in [0.15, 0.2) is 18.2 Å². The number of nitrogens with zero attached hydrogens (tertiary/aromatic N) is 1. The van der Waals surface area contributed by atoms with E-state index in [4.69, 9.17) is 5.11 Å². The van der Waals surface area contributed by atoms with Crippen molar-refractivity contribution in [2.75, 3.05) is 31.6 Å². The van der Waals surface area contributed by atoms with Crippen molar-refractivity contribution in [1.29, 1.82) is 0 Å². The topological polar surface area (TPSA) is 35.5 Å². The Morgan fingerprint density at radius 1 is 1.39 bits per heavy atom. The molecular formula is C15H22N2O. The summed E-state index contributed by atoms with van der Waals surface area (Å²) in [6.45, 7) is 4.79. The Morgan fingerprint density at radius 2 is 2.33 bits per heavy atom. The third-order valence-corrected chi connectivity index (χ3v) is 4.23. The molecule has 0 amide bonds. The molecule has 2 aliphatic heterocycles. The molecule has 98 valence electrons. The van der Waals surface area contributed by atoms with Crippen LogP contribution in [0.3, 0.4) is 0 Å². The van der Waals surface area contributed by atoms with Crippen molar-refractivity contribution in [2.45, 2.75) is 25.8 Å². The first-order chi connectivity index (χ1) is 8.86. The largest absolute Gasteiger partial charge is 0.396 e. The lowest BCUT2D eigenvalue weighted by atomic mass is 10.1. The summed E-state index contributed by atoms with van der Waals surface area (Å²) in [4.78, 5) is 2.52. The summed E-state index contributed by atoms with van der Waals surface area (Å²) in [6.07, 6.45) is 3.36. The van der Waals surface area contributed by atoms with Gasteiger partial charge in [0.2, 0.25) is 0 Å². The molecule has 0 radical (unpaired) electrons. The Balaban J connectivity index is 1.65. The van der Waals surface area contributed by atoms with Crippen LogP contribution in [0.4, 0.5) is 5.69 Å². The van der Waals surface area contributed by atoms with Gasteiger partial charge in [0.05, 0.1) is 0 Å². The number of benzene rings is 1. The van der Waals surface area contributed by atoms with Crippen LogP contribution in [0.1, 0.15) is 24.0 Å². The number of aliphatic hydroxyl groups is 1. The predicted molar refractivity (Wildman–Crippen MR) is 73.7 cm³/mol. The predicted octanol–water partition coefficient (Wildman–Crippen LogP) is 1.86. The number of aliphatic hydroxyl groups excluding tert-OH is 1. The first kappa shape index (κ1) is 12.0. The SMILES string of the molecule is OCCC1CCN(Cc2cccc3c2NCC3)C1. The zero-order valence-corrected chi connectivity index (χ0v) is 10.9. The smallest absolute Gasteiger partial charge is 0.0434 e. The van der Waals surface area contributed by atoms with Crippen molar-refractivity contribution >= 4 is 5.69 Å². The lowest BCUT2D eigenvalue weighted by Crippen LogP contribution is -2.21. The van der Waals surface area contributed by atoms with E-state index in [1.165, 1.54) is 29.8 Å². The number of rotatable bonds is 4. The normalized spacial score (nSPS) is 23.1. The van der Waals surface area contributed by atoms with Crippen LogP contribution in [0.2, 0.25) is 0 Å². The minimum atomic E-state index is 0.334. The fraction of sp³-hybridized carbons (Fsp3) is 0.600. The van der Waals surface area contributed by atoms with Gasteiger partial charge in [0.15, 0.2) is 0 Å². The van der Waals surface area contributed by atoms with Gasteiger partial charge in [-0.3, -0.25) is 4.90 Å². The van der Waals surface area contributed by atoms with Crippen LogP contribution in [0.25, 0.3) is 0 Å². The van der Waals surface area contributed by atoms with Crippen LogP contribution in [-0.4, -0.2) is 36.2 Å². The monoisotopic (exact) mass is 246 g/mol. The highest BCUT2D eigenvalue weighted by molar-refractivity contribution is 5.61. The second-order valence-electron chi connectivity index (χ2n) is 5.53. The molecule has 1 unspecified atom stereocenters. The molecule has 3 nitrogen and oxygen atoms in total. The zero-order chi connectivity index (χ0) is 12.4. The Labute approximate surface area is 109 Å². The van der Waals surface area contributed by atoms with Crippen LogP contribution in [0.5, 0.6) is 0 Å². The lowest BCUT2D eigenvalue weighted by Gasteiger charge is -2.18. The van der Waals surface area contributed by atoms with Crippen molar-refractivity contribution in [2.24, 2.45) is 5.92 Å². The molecule has 1 atom stereocenters. The highest BCUT2D eigenvalue weighted by Crippen LogP contribution is 2.29. The number of anilines is 1. The molecule has 18 heavy (non-hydrogen) atoms. The van der Waals surface area contributed by atoms with Gasteiger partial charge in [0.25, 0.3) is 0 Å². The van der Waals surface area contributed by atoms with E-state index in [9.17, 15) is 0 Å². The molecule has 1 saturated heterocycles. The van der Waals surface area contributed by atoms with E-state index in [1.54, 1.807) is 0 Å². The molecule has 0 aromatic heterocycles. The molecule has 3 rings (SSSR count). The number of likely N-dealkylation sites (tertiary alicyclic amines) is 1. The van der Waals surface area contributed by atoms with Gasteiger partial charge >= 0.3 is 0 Å². The van der Waals surface area contributed by atoms with E-state index in [-0.39, 0.29) is 0 Å². The van der Waals surface area contributed by atoms with E-state index in [0.717, 1.165) is 32.5 Å². The van der Waals surface area contributed by atoms with E-state index in [0.29, 0.717) is 12.5 Å². The van der Waals surface area contributed by atoms with Crippen molar-refractivity contribution in [3.63, 3.8) is 0 Å². The van der Waals surface area contributed by atoms with E-state index in [2.05, 4.69) is 28.4 Å². The summed E-state index contributed by atoms with van der Waals surface area (Å²) < 4.78 is 0. The van der Waals surface area contributed by atoms with Crippen LogP contribution in [0, 0.1) is 5.92 Å². The maximum atomic E-state index is 9.00. The van der Waals surface area contributed by atoms with Crippen molar-refractivity contribution in [3.8, 4) is 0 Å². The maximum Gasteiger partial charge on any atom is 0.0434 e. The zero-order valence-electron chi connectivity index (χ0n) is 10.9. The molecule has 2 heterocycles. The molecule has 1 fully saturated rings. The van der Waals surface area contributed by atoms with E-state index < -0.39 is 0 Å². The van der Waals surface area contributed by atoms with E-state index >= 15 is 0 Å². The number of nitrogens with one attached hydrogen (secondary N) is 1. The standard InChI is InChI=1S/C15H22N2O/c18-9-6-12-5-8-17(10-12)11-14-3-1-2-13-4-7-16-15(13)14/h1-3,12,16,18H,4-11H2. The minimum absolute atomic E-state index is 0.334. The molecule has 1 aromatic rings. The van der Waals surface area contributed by atoms with Crippen molar-refractivity contribution < 1.29 is 5.11 Å². The summed E-state index contributed by atoms with van der Waals surface area (Å²) in [5, 5.41) is 12.5. The highest BCUT2D eigenvalue weighted by atomic mass is 16.3. The van der Waals surface area contributed by atoms with Gasteiger partial charge in [-0.15, -0.1) is 0 Å². The van der Waals surface area contributed by atoms with E-state index in [1.807, 2.05) is 0 Å². The van der Waals surface area contributed by atoms with Crippen LogP contribution >= 0.6 is 0 Å². The first-order valence-corrected chi connectivity index (χ1v) is 7.04. The Morgan fingerprint density at radius 3 is 3.22 bits per heavy atom. The number of fused-ring (bicyclic) bond motifs is 1. The summed E-state index contributed by atoms with van der Waals surface area (Å²) in [5.41, 5.74) is 4.29. The second-order valence-corrected chi connectivity index (χ2v) is 5.53.